The van der Waals surface area contributed by atoms with E-state index in [1.54, 1.807) is 6.08 Å². The highest BCUT2D eigenvalue weighted by molar-refractivity contribution is 5.89. The fourth-order valence-corrected chi connectivity index (χ4v) is 3.27. The molecule has 1 aliphatic rings. The van der Waals surface area contributed by atoms with Crippen LogP contribution < -0.4 is 0 Å². The number of rotatable bonds is 12. The van der Waals surface area contributed by atoms with Crippen molar-refractivity contribution in [2.75, 3.05) is 0 Å². The number of aliphatic carboxylic acids is 1. The molecular formula is C21H32O4. The van der Waals surface area contributed by atoms with E-state index >= 15 is 0 Å². The third-order valence-electron chi connectivity index (χ3n) is 4.75. The third kappa shape index (κ3) is 8.30. The van der Waals surface area contributed by atoms with Crippen molar-refractivity contribution in [1.29, 1.82) is 0 Å². The maximum absolute atomic E-state index is 11.9. The SMILES string of the molecule is C=C1CC(O)C(CC=CCCCC(=O)O)C1C=CC(=O)CCCCC. The molecule has 1 aliphatic carbocycles. The van der Waals surface area contributed by atoms with E-state index in [1.165, 1.54) is 0 Å². The van der Waals surface area contributed by atoms with Crippen molar-refractivity contribution < 1.29 is 19.8 Å². The quantitative estimate of drug-likeness (QED) is 0.310. The van der Waals surface area contributed by atoms with Crippen LogP contribution in [0.3, 0.4) is 0 Å². The third-order valence-corrected chi connectivity index (χ3v) is 4.75. The van der Waals surface area contributed by atoms with Crippen molar-refractivity contribution in [3.63, 3.8) is 0 Å². The molecule has 1 fully saturated rings. The van der Waals surface area contributed by atoms with E-state index in [9.17, 15) is 14.7 Å². The summed E-state index contributed by atoms with van der Waals surface area (Å²) < 4.78 is 0. The van der Waals surface area contributed by atoms with Crippen LogP contribution in [0.5, 0.6) is 0 Å². The lowest BCUT2D eigenvalue weighted by Gasteiger charge is -2.18. The molecule has 0 heterocycles. The molecule has 0 aromatic heterocycles. The number of hydrogen-bond donors (Lipinski definition) is 2. The Balaban J connectivity index is 2.49. The second-order valence-electron chi connectivity index (χ2n) is 6.89. The van der Waals surface area contributed by atoms with Crippen molar-refractivity contribution in [2.24, 2.45) is 11.8 Å². The summed E-state index contributed by atoms with van der Waals surface area (Å²) in [6.45, 7) is 6.17. The molecule has 2 N–H and O–H groups in total. The maximum Gasteiger partial charge on any atom is 0.303 e. The molecule has 0 radical (unpaired) electrons. The molecule has 25 heavy (non-hydrogen) atoms. The molecule has 3 unspecified atom stereocenters. The second-order valence-corrected chi connectivity index (χ2v) is 6.89. The Labute approximate surface area is 151 Å². The Morgan fingerprint density at radius 3 is 2.64 bits per heavy atom. The molecule has 0 spiro atoms. The van der Waals surface area contributed by atoms with Gasteiger partial charge < -0.3 is 10.2 Å². The van der Waals surface area contributed by atoms with Gasteiger partial charge in [0.25, 0.3) is 0 Å². The monoisotopic (exact) mass is 348 g/mol. The standard InChI is InChI=1S/C21H32O4/c1-3-4-7-10-17(22)13-14-18-16(2)15-20(23)19(18)11-8-5-6-9-12-21(24)25/h5,8,13-14,18-20,23H,2-4,6-7,9-12,15H2,1H3,(H,24,25). The Bertz CT molecular complexity index is 504. The smallest absolute Gasteiger partial charge is 0.303 e. The Kier molecular flexibility index (Phi) is 10.1. The molecular weight excluding hydrogens is 316 g/mol. The fourth-order valence-electron chi connectivity index (χ4n) is 3.27. The lowest BCUT2D eigenvalue weighted by molar-refractivity contribution is -0.137. The summed E-state index contributed by atoms with van der Waals surface area (Å²) in [5, 5.41) is 18.9. The van der Waals surface area contributed by atoms with Crippen LogP contribution in [-0.2, 0) is 9.59 Å². The first kappa shape index (κ1) is 21.4. The minimum atomic E-state index is -0.773. The molecule has 1 rings (SSSR count). The molecule has 0 aromatic rings. The summed E-state index contributed by atoms with van der Waals surface area (Å²) in [5.74, 6) is -0.549. The van der Waals surface area contributed by atoms with Crippen molar-refractivity contribution in [1.82, 2.24) is 0 Å². The summed E-state index contributed by atoms with van der Waals surface area (Å²) >= 11 is 0. The van der Waals surface area contributed by atoms with Crippen molar-refractivity contribution >= 4 is 11.8 Å². The summed E-state index contributed by atoms with van der Waals surface area (Å²) in [6.07, 6.45) is 13.6. The van der Waals surface area contributed by atoms with E-state index in [0.29, 0.717) is 25.7 Å². The Morgan fingerprint density at radius 1 is 1.20 bits per heavy atom. The van der Waals surface area contributed by atoms with Crippen LogP contribution >= 0.6 is 0 Å². The van der Waals surface area contributed by atoms with Gasteiger partial charge in [0.1, 0.15) is 0 Å². The number of hydrogen-bond acceptors (Lipinski definition) is 3. The van der Waals surface area contributed by atoms with Crippen LogP contribution in [0.2, 0.25) is 0 Å². The molecule has 4 nitrogen and oxygen atoms in total. The molecule has 0 aromatic carbocycles. The van der Waals surface area contributed by atoms with Crippen molar-refractivity contribution in [3.05, 3.63) is 36.5 Å². The average molecular weight is 348 g/mol. The van der Waals surface area contributed by atoms with Gasteiger partial charge in [-0.1, -0.05) is 50.1 Å². The van der Waals surface area contributed by atoms with E-state index in [-0.39, 0.29) is 24.0 Å². The lowest BCUT2D eigenvalue weighted by Crippen LogP contribution is -2.17. The lowest BCUT2D eigenvalue weighted by atomic mass is 9.89. The number of aliphatic hydroxyl groups is 1. The molecule has 1 saturated carbocycles. The van der Waals surface area contributed by atoms with Crippen LogP contribution in [0.1, 0.15) is 64.7 Å². The first-order valence-corrected chi connectivity index (χ1v) is 9.39. The molecule has 4 heteroatoms. The Morgan fingerprint density at radius 2 is 1.96 bits per heavy atom. The second kappa shape index (κ2) is 11.8. The Hall–Kier alpha value is -1.68. The molecule has 0 saturated heterocycles. The fraction of sp³-hybridized carbons (Fsp3) is 0.619. The number of carbonyl (C=O) groups is 2. The van der Waals surface area contributed by atoms with Crippen LogP contribution in [0.25, 0.3) is 0 Å². The minimum Gasteiger partial charge on any atom is -0.481 e. The first-order chi connectivity index (χ1) is 12.0. The minimum absolute atomic E-state index is 0.0359. The number of unbranched alkanes of at least 4 members (excludes halogenated alkanes) is 3. The van der Waals surface area contributed by atoms with Gasteiger partial charge in [-0.25, -0.2) is 0 Å². The van der Waals surface area contributed by atoms with Gasteiger partial charge in [0, 0.05) is 18.8 Å². The van der Waals surface area contributed by atoms with Gasteiger partial charge in [-0.3, -0.25) is 9.59 Å². The highest BCUT2D eigenvalue weighted by Crippen LogP contribution is 2.39. The number of carbonyl (C=O) groups excluding carboxylic acids is 1. The summed E-state index contributed by atoms with van der Waals surface area (Å²) in [4.78, 5) is 22.4. The van der Waals surface area contributed by atoms with Crippen molar-refractivity contribution in [3.8, 4) is 0 Å². The molecule has 3 atom stereocenters. The number of carboxylic acid groups (broad SMARTS) is 1. The van der Waals surface area contributed by atoms with Gasteiger partial charge >= 0.3 is 5.97 Å². The van der Waals surface area contributed by atoms with Gasteiger partial charge in [0.2, 0.25) is 0 Å². The zero-order valence-corrected chi connectivity index (χ0v) is 15.3. The molecule has 0 amide bonds. The molecule has 0 bridgehead atoms. The molecule has 0 aliphatic heterocycles. The van der Waals surface area contributed by atoms with Crippen LogP contribution in [0, 0.1) is 11.8 Å². The van der Waals surface area contributed by atoms with Gasteiger partial charge in [0.05, 0.1) is 6.10 Å². The summed E-state index contributed by atoms with van der Waals surface area (Å²) in [5.41, 5.74) is 0.981. The van der Waals surface area contributed by atoms with E-state index in [4.69, 9.17) is 5.11 Å². The number of aliphatic hydroxyl groups excluding tert-OH is 1. The maximum atomic E-state index is 11.9. The topological polar surface area (TPSA) is 74.6 Å². The average Bonchev–Trinajstić information content (AvgIpc) is 2.82. The van der Waals surface area contributed by atoms with E-state index in [0.717, 1.165) is 31.3 Å². The van der Waals surface area contributed by atoms with Crippen LogP contribution in [-0.4, -0.2) is 28.1 Å². The predicted octanol–water partition coefficient (Wildman–Crippen LogP) is 4.45. The van der Waals surface area contributed by atoms with Gasteiger partial charge in [-0.05, 0) is 44.1 Å². The number of allylic oxidation sites excluding steroid dienone is 4. The van der Waals surface area contributed by atoms with Crippen molar-refractivity contribution in [2.45, 2.75) is 70.8 Å². The highest BCUT2D eigenvalue weighted by Gasteiger charge is 2.35. The number of ketones is 1. The van der Waals surface area contributed by atoms with Crippen LogP contribution in [0.15, 0.2) is 36.5 Å². The highest BCUT2D eigenvalue weighted by atomic mass is 16.4. The van der Waals surface area contributed by atoms with Gasteiger partial charge in [0.15, 0.2) is 5.78 Å². The zero-order chi connectivity index (χ0) is 18.7. The van der Waals surface area contributed by atoms with E-state index < -0.39 is 12.1 Å². The number of carboxylic acids is 1. The van der Waals surface area contributed by atoms with Crippen LogP contribution in [0.4, 0.5) is 0 Å². The largest absolute Gasteiger partial charge is 0.481 e. The van der Waals surface area contributed by atoms with Gasteiger partial charge in [-0.15, -0.1) is 0 Å². The first-order valence-electron chi connectivity index (χ1n) is 9.39. The van der Waals surface area contributed by atoms with Gasteiger partial charge in [-0.2, -0.15) is 0 Å². The summed E-state index contributed by atoms with van der Waals surface area (Å²) in [7, 11) is 0. The predicted molar refractivity (Wildman–Crippen MR) is 100 cm³/mol. The summed E-state index contributed by atoms with van der Waals surface area (Å²) in [6, 6.07) is 0. The normalized spacial score (nSPS) is 23.8. The molecule has 140 valence electrons. The zero-order valence-electron chi connectivity index (χ0n) is 15.3. The van der Waals surface area contributed by atoms with E-state index in [2.05, 4.69) is 13.5 Å². The van der Waals surface area contributed by atoms with E-state index in [1.807, 2.05) is 18.2 Å².